The Labute approximate surface area is 96.6 Å². The average molecular weight is 232 g/mol. The van der Waals surface area contributed by atoms with Crippen molar-refractivity contribution in [1.29, 1.82) is 0 Å². The van der Waals surface area contributed by atoms with Crippen molar-refractivity contribution >= 4 is 0 Å². The van der Waals surface area contributed by atoms with Crippen molar-refractivity contribution in [2.24, 2.45) is 0 Å². The molecule has 0 aromatic heterocycles. The van der Waals surface area contributed by atoms with E-state index in [9.17, 15) is 8.78 Å². The van der Waals surface area contributed by atoms with Gasteiger partial charge in [-0.25, -0.2) is 8.78 Å². The van der Waals surface area contributed by atoms with Crippen LogP contribution >= 0.6 is 0 Å². The summed E-state index contributed by atoms with van der Waals surface area (Å²) in [5, 5.41) is 0. The first-order chi connectivity index (χ1) is 7.30. The highest BCUT2D eigenvalue weighted by atomic mass is 19.3. The summed E-state index contributed by atoms with van der Waals surface area (Å²) in [6, 6.07) is 0.469. The van der Waals surface area contributed by atoms with Gasteiger partial charge in [0.1, 0.15) is 0 Å². The summed E-state index contributed by atoms with van der Waals surface area (Å²) in [6.07, 6.45) is 1.16. The fourth-order valence-electron chi connectivity index (χ4n) is 2.82. The Bertz CT molecular complexity index is 256. The maximum atomic E-state index is 13.1. The van der Waals surface area contributed by atoms with Crippen LogP contribution in [-0.4, -0.2) is 54.0 Å². The van der Waals surface area contributed by atoms with Crippen molar-refractivity contribution in [2.45, 2.75) is 50.6 Å². The van der Waals surface area contributed by atoms with E-state index in [4.69, 9.17) is 0 Å². The van der Waals surface area contributed by atoms with Crippen molar-refractivity contribution in [3.8, 4) is 0 Å². The lowest BCUT2D eigenvalue weighted by Gasteiger charge is -2.35. The summed E-state index contributed by atoms with van der Waals surface area (Å²) in [6.45, 7) is 6.58. The smallest absolute Gasteiger partial charge is 0.250 e. The van der Waals surface area contributed by atoms with Gasteiger partial charge in [0.2, 0.25) is 0 Å². The van der Waals surface area contributed by atoms with Gasteiger partial charge in [-0.15, -0.1) is 0 Å². The van der Waals surface area contributed by atoms with Crippen LogP contribution < -0.4 is 0 Å². The monoisotopic (exact) mass is 232 g/mol. The number of rotatable bonds is 1. The van der Waals surface area contributed by atoms with Crippen molar-refractivity contribution in [1.82, 2.24) is 9.80 Å². The molecular weight excluding hydrogens is 210 g/mol. The van der Waals surface area contributed by atoms with E-state index in [2.05, 4.69) is 30.7 Å². The Hall–Kier alpha value is -0.220. The van der Waals surface area contributed by atoms with Crippen molar-refractivity contribution in [3.05, 3.63) is 0 Å². The number of alkyl halides is 2. The highest BCUT2D eigenvalue weighted by Gasteiger charge is 2.42. The van der Waals surface area contributed by atoms with Crippen LogP contribution in [0, 0.1) is 0 Å². The lowest BCUT2D eigenvalue weighted by Crippen LogP contribution is -2.45. The number of likely N-dealkylation sites (N-methyl/N-ethyl adjacent to an activating group) is 1. The van der Waals surface area contributed by atoms with Gasteiger partial charge >= 0.3 is 0 Å². The number of nitrogens with zero attached hydrogens (tertiary/aromatic N) is 2. The molecule has 94 valence electrons. The van der Waals surface area contributed by atoms with E-state index in [-0.39, 0.29) is 18.4 Å². The minimum absolute atomic E-state index is 0.0354. The molecule has 2 rings (SSSR count). The molecule has 2 aliphatic rings. The van der Waals surface area contributed by atoms with Gasteiger partial charge in [0.25, 0.3) is 5.92 Å². The number of hydrogen-bond donors (Lipinski definition) is 0. The van der Waals surface area contributed by atoms with E-state index in [0.29, 0.717) is 19.1 Å². The average Bonchev–Trinajstić information content (AvgIpc) is 2.41. The predicted octanol–water partition coefficient (Wildman–Crippen LogP) is 2.20. The highest BCUT2D eigenvalue weighted by molar-refractivity contribution is 4.96. The fourth-order valence-corrected chi connectivity index (χ4v) is 2.82. The Morgan fingerprint density at radius 2 is 1.69 bits per heavy atom. The van der Waals surface area contributed by atoms with E-state index in [1.807, 2.05) is 0 Å². The largest absolute Gasteiger partial charge is 0.300 e. The molecule has 4 heteroatoms. The van der Waals surface area contributed by atoms with E-state index in [1.165, 1.54) is 0 Å². The first-order valence-corrected chi connectivity index (χ1v) is 6.13. The number of hydrogen-bond acceptors (Lipinski definition) is 2. The molecule has 0 aromatic rings. The molecular formula is C12H22F2N2. The fraction of sp³-hybridized carbons (Fsp3) is 1.00. The summed E-state index contributed by atoms with van der Waals surface area (Å²) >= 11 is 0. The van der Waals surface area contributed by atoms with Gasteiger partial charge in [0.05, 0.1) is 0 Å². The second kappa shape index (κ2) is 3.91. The first kappa shape index (κ1) is 12.2. The van der Waals surface area contributed by atoms with Gasteiger partial charge in [-0.2, -0.15) is 0 Å². The SMILES string of the molecule is CN1CC(N2CCC(F)(F)CC2)CC1(C)C. The van der Waals surface area contributed by atoms with E-state index >= 15 is 0 Å². The Balaban J connectivity index is 1.92. The summed E-state index contributed by atoms with van der Waals surface area (Å²) < 4.78 is 26.1. The molecule has 1 unspecified atom stereocenters. The normalized spacial score (nSPS) is 35.4. The third-order valence-electron chi connectivity index (χ3n) is 4.30. The third kappa shape index (κ3) is 2.38. The Morgan fingerprint density at radius 1 is 1.12 bits per heavy atom. The highest BCUT2D eigenvalue weighted by Crippen LogP contribution is 2.34. The van der Waals surface area contributed by atoms with Gasteiger partial charge in [-0.05, 0) is 27.3 Å². The number of halogens is 2. The second-order valence-corrected chi connectivity index (χ2v) is 5.94. The van der Waals surface area contributed by atoms with Crippen molar-refractivity contribution in [3.63, 3.8) is 0 Å². The van der Waals surface area contributed by atoms with Crippen LogP contribution in [0.3, 0.4) is 0 Å². The molecule has 0 bridgehead atoms. The second-order valence-electron chi connectivity index (χ2n) is 5.94. The minimum atomic E-state index is -2.42. The zero-order valence-electron chi connectivity index (χ0n) is 10.5. The van der Waals surface area contributed by atoms with Crippen LogP contribution in [0.1, 0.15) is 33.1 Å². The molecule has 16 heavy (non-hydrogen) atoms. The summed E-state index contributed by atoms with van der Waals surface area (Å²) in [7, 11) is 2.12. The van der Waals surface area contributed by atoms with Gasteiger partial charge in [-0.1, -0.05) is 0 Å². The van der Waals surface area contributed by atoms with Gasteiger partial charge in [-0.3, -0.25) is 9.80 Å². The molecule has 0 aliphatic carbocycles. The maximum Gasteiger partial charge on any atom is 0.250 e. The van der Waals surface area contributed by atoms with E-state index in [1.54, 1.807) is 0 Å². The molecule has 1 atom stereocenters. The van der Waals surface area contributed by atoms with Crippen molar-refractivity contribution in [2.75, 3.05) is 26.7 Å². The van der Waals surface area contributed by atoms with E-state index < -0.39 is 5.92 Å². The zero-order valence-corrected chi connectivity index (χ0v) is 10.5. The maximum absolute atomic E-state index is 13.1. The van der Waals surface area contributed by atoms with Crippen LogP contribution in [-0.2, 0) is 0 Å². The number of likely N-dealkylation sites (tertiary alicyclic amines) is 2. The van der Waals surface area contributed by atoms with Crippen LogP contribution in [0.15, 0.2) is 0 Å². The van der Waals surface area contributed by atoms with Crippen LogP contribution in [0.25, 0.3) is 0 Å². The standard InChI is InChI=1S/C12H22F2N2/c1-11(2)8-10(9-15(11)3)16-6-4-12(13,14)5-7-16/h10H,4-9H2,1-3H3. The molecule has 2 nitrogen and oxygen atoms in total. The Morgan fingerprint density at radius 3 is 2.12 bits per heavy atom. The molecule has 0 N–H and O–H groups in total. The molecule has 0 amide bonds. The van der Waals surface area contributed by atoms with Crippen LogP contribution in [0.4, 0.5) is 8.78 Å². The first-order valence-electron chi connectivity index (χ1n) is 6.13. The molecule has 0 radical (unpaired) electrons. The van der Waals surface area contributed by atoms with Gasteiger partial charge < -0.3 is 0 Å². The molecule has 0 spiro atoms. The van der Waals surface area contributed by atoms with Gasteiger partial charge in [0, 0.05) is 44.1 Å². The van der Waals surface area contributed by atoms with E-state index in [0.717, 1.165) is 13.0 Å². The molecule has 2 saturated heterocycles. The van der Waals surface area contributed by atoms with Crippen molar-refractivity contribution < 1.29 is 8.78 Å². The summed E-state index contributed by atoms with van der Waals surface area (Å²) in [5.41, 5.74) is 0.213. The lowest BCUT2D eigenvalue weighted by molar-refractivity contribution is -0.0621. The molecule has 0 aromatic carbocycles. The lowest BCUT2D eigenvalue weighted by atomic mass is 9.98. The molecule has 2 aliphatic heterocycles. The predicted molar refractivity (Wildman–Crippen MR) is 60.9 cm³/mol. The van der Waals surface area contributed by atoms with Crippen LogP contribution in [0.5, 0.6) is 0 Å². The molecule has 2 fully saturated rings. The zero-order chi connectivity index (χ0) is 12.0. The minimum Gasteiger partial charge on any atom is -0.300 e. The quantitative estimate of drug-likeness (QED) is 0.684. The Kier molecular flexibility index (Phi) is 2.99. The van der Waals surface area contributed by atoms with Gasteiger partial charge in [0.15, 0.2) is 0 Å². The molecule has 2 heterocycles. The third-order valence-corrected chi connectivity index (χ3v) is 4.30. The summed E-state index contributed by atoms with van der Waals surface area (Å²) in [4.78, 5) is 4.59. The molecule has 0 saturated carbocycles. The topological polar surface area (TPSA) is 6.48 Å². The summed E-state index contributed by atoms with van der Waals surface area (Å²) in [5.74, 6) is -2.42. The number of piperidine rings is 1. The van der Waals surface area contributed by atoms with Crippen LogP contribution in [0.2, 0.25) is 0 Å².